The van der Waals surface area contributed by atoms with Crippen LogP contribution in [0.5, 0.6) is 0 Å². The summed E-state index contributed by atoms with van der Waals surface area (Å²) < 4.78 is 5.02. The summed E-state index contributed by atoms with van der Waals surface area (Å²) in [4.78, 5) is 30.8. The molecule has 5 nitrogen and oxygen atoms in total. The molecule has 1 unspecified atom stereocenters. The number of carbonyl (C=O) groups excluding carboxylic acids is 2. The zero-order valence-electron chi connectivity index (χ0n) is 14.6. The van der Waals surface area contributed by atoms with Crippen LogP contribution in [0.25, 0.3) is 0 Å². The fraction of sp³-hybridized carbons (Fsp3) is 0.400. The number of nitrogens with zero attached hydrogens (tertiary/aromatic N) is 2. The number of furan rings is 1. The third-order valence-corrected chi connectivity index (χ3v) is 6.18. The molecule has 0 N–H and O–H groups in total. The monoisotopic (exact) mass is 370 g/mol. The van der Waals surface area contributed by atoms with Crippen LogP contribution < -0.4 is 4.90 Å². The molecule has 6 heteroatoms. The second-order valence-electron chi connectivity index (χ2n) is 6.76. The van der Waals surface area contributed by atoms with E-state index in [0.29, 0.717) is 18.7 Å². The third kappa shape index (κ3) is 3.38. The number of hydrogen-bond acceptors (Lipinski definition) is 4. The maximum atomic E-state index is 13.3. The van der Waals surface area contributed by atoms with Crippen molar-refractivity contribution in [3.8, 4) is 0 Å². The van der Waals surface area contributed by atoms with Gasteiger partial charge in [0.25, 0.3) is 5.91 Å². The zero-order chi connectivity index (χ0) is 17.9. The summed E-state index contributed by atoms with van der Waals surface area (Å²) in [6, 6.07) is 9.80. The average Bonchev–Trinajstić information content (AvgIpc) is 3.14. The van der Waals surface area contributed by atoms with E-state index in [1.165, 1.54) is 17.4 Å². The molecule has 0 radical (unpaired) electrons. The molecule has 0 bridgehead atoms. The molecule has 1 saturated heterocycles. The van der Waals surface area contributed by atoms with Crippen molar-refractivity contribution < 1.29 is 14.0 Å². The topological polar surface area (TPSA) is 53.8 Å². The molecular weight excluding hydrogens is 348 g/mol. The van der Waals surface area contributed by atoms with E-state index in [4.69, 9.17) is 4.42 Å². The van der Waals surface area contributed by atoms with E-state index >= 15 is 0 Å². The van der Waals surface area contributed by atoms with Crippen LogP contribution in [0.3, 0.4) is 0 Å². The quantitative estimate of drug-likeness (QED) is 0.810. The van der Waals surface area contributed by atoms with Crippen molar-refractivity contribution in [2.24, 2.45) is 5.92 Å². The highest BCUT2D eigenvalue weighted by molar-refractivity contribution is 7.99. The van der Waals surface area contributed by atoms with Gasteiger partial charge >= 0.3 is 0 Å². The molecule has 2 aromatic rings. The van der Waals surface area contributed by atoms with Gasteiger partial charge in [0.1, 0.15) is 6.26 Å². The SMILES string of the molecule is O=C(c1ccoc1)N1CCCC(C(=O)N2CCCSc3ccccc32)C1. The lowest BCUT2D eigenvalue weighted by Gasteiger charge is -2.35. The number of para-hydroxylation sites is 1. The normalized spacial score (nSPS) is 20.4. The van der Waals surface area contributed by atoms with Crippen LogP contribution >= 0.6 is 11.8 Å². The Morgan fingerprint density at radius 2 is 2.00 bits per heavy atom. The van der Waals surface area contributed by atoms with E-state index in [1.54, 1.807) is 11.0 Å². The molecule has 136 valence electrons. The lowest BCUT2D eigenvalue weighted by Crippen LogP contribution is -2.47. The predicted molar refractivity (Wildman–Crippen MR) is 101 cm³/mol. The Morgan fingerprint density at radius 1 is 1.12 bits per heavy atom. The maximum absolute atomic E-state index is 13.3. The summed E-state index contributed by atoms with van der Waals surface area (Å²) in [5.41, 5.74) is 1.56. The summed E-state index contributed by atoms with van der Waals surface area (Å²) in [7, 11) is 0. The minimum Gasteiger partial charge on any atom is -0.472 e. The molecule has 1 atom stereocenters. The predicted octanol–water partition coefficient (Wildman–Crippen LogP) is 3.66. The molecule has 2 aliphatic heterocycles. The number of thioether (sulfide) groups is 1. The lowest BCUT2D eigenvalue weighted by atomic mass is 9.95. The Bertz CT molecular complexity index is 790. The van der Waals surface area contributed by atoms with Crippen LogP contribution in [0.4, 0.5) is 5.69 Å². The number of fused-ring (bicyclic) bond motifs is 1. The van der Waals surface area contributed by atoms with Gasteiger partial charge in [0.05, 0.1) is 23.4 Å². The van der Waals surface area contributed by atoms with Gasteiger partial charge in [-0.05, 0) is 43.2 Å². The van der Waals surface area contributed by atoms with Crippen molar-refractivity contribution in [3.63, 3.8) is 0 Å². The number of benzene rings is 1. The van der Waals surface area contributed by atoms with Crippen molar-refractivity contribution in [2.75, 3.05) is 30.3 Å². The van der Waals surface area contributed by atoms with Gasteiger partial charge in [0, 0.05) is 24.5 Å². The Hall–Kier alpha value is -2.21. The highest BCUT2D eigenvalue weighted by Gasteiger charge is 2.33. The Labute approximate surface area is 157 Å². The van der Waals surface area contributed by atoms with Crippen LogP contribution in [0.15, 0.2) is 52.2 Å². The van der Waals surface area contributed by atoms with Crippen LogP contribution in [0.2, 0.25) is 0 Å². The fourth-order valence-electron chi connectivity index (χ4n) is 3.71. The molecular formula is C20H22N2O3S. The second kappa shape index (κ2) is 7.58. The number of likely N-dealkylation sites (tertiary alicyclic amines) is 1. The first-order valence-electron chi connectivity index (χ1n) is 9.09. The maximum Gasteiger partial charge on any atom is 0.257 e. The molecule has 0 saturated carbocycles. The van der Waals surface area contributed by atoms with Gasteiger partial charge in [-0.3, -0.25) is 9.59 Å². The smallest absolute Gasteiger partial charge is 0.257 e. The zero-order valence-corrected chi connectivity index (χ0v) is 15.4. The van der Waals surface area contributed by atoms with E-state index in [9.17, 15) is 9.59 Å². The van der Waals surface area contributed by atoms with E-state index in [0.717, 1.165) is 37.2 Å². The molecule has 3 heterocycles. The highest BCUT2D eigenvalue weighted by atomic mass is 32.2. The number of rotatable bonds is 2. The van der Waals surface area contributed by atoms with Gasteiger partial charge in [-0.15, -0.1) is 11.8 Å². The molecule has 1 fully saturated rings. The lowest BCUT2D eigenvalue weighted by molar-refractivity contribution is -0.123. The van der Waals surface area contributed by atoms with Gasteiger partial charge in [0.2, 0.25) is 5.91 Å². The molecule has 1 aromatic carbocycles. The third-order valence-electron chi connectivity index (χ3n) is 5.03. The molecule has 2 aliphatic rings. The van der Waals surface area contributed by atoms with E-state index in [2.05, 4.69) is 6.07 Å². The molecule has 0 spiro atoms. The first-order chi connectivity index (χ1) is 12.7. The second-order valence-corrected chi connectivity index (χ2v) is 7.90. The largest absolute Gasteiger partial charge is 0.472 e. The summed E-state index contributed by atoms with van der Waals surface area (Å²) in [5, 5.41) is 0. The number of hydrogen-bond donors (Lipinski definition) is 0. The van der Waals surface area contributed by atoms with Crippen LogP contribution in [0.1, 0.15) is 29.6 Å². The van der Waals surface area contributed by atoms with E-state index in [1.807, 2.05) is 34.9 Å². The minimum atomic E-state index is -0.143. The van der Waals surface area contributed by atoms with Crippen LogP contribution in [-0.4, -0.2) is 42.1 Å². The first-order valence-corrected chi connectivity index (χ1v) is 10.1. The summed E-state index contributed by atoms with van der Waals surface area (Å²) in [6.07, 6.45) is 5.64. The van der Waals surface area contributed by atoms with Gasteiger partial charge in [-0.2, -0.15) is 0 Å². The number of piperidine rings is 1. The molecule has 1 aromatic heterocycles. The number of anilines is 1. The average molecular weight is 370 g/mol. The van der Waals surface area contributed by atoms with Crippen LogP contribution in [-0.2, 0) is 4.79 Å². The summed E-state index contributed by atoms with van der Waals surface area (Å²) >= 11 is 1.81. The Balaban J connectivity index is 1.52. The number of carbonyl (C=O) groups is 2. The van der Waals surface area contributed by atoms with Crippen molar-refractivity contribution in [1.82, 2.24) is 4.90 Å². The standard InChI is InChI=1S/C20H22N2O3S/c23-19(16-8-11-25-14-16)21-9-3-5-15(13-21)20(24)22-10-4-12-26-18-7-2-1-6-17(18)22/h1-2,6-8,11,14-15H,3-5,9-10,12-13H2. The fourth-order valence-corrected chi connectivity index (χ4v) is 4.70. The molecule has 0 aliphatic carbocycles. The summed E-state index contributed by atoms with van der Waals surface area (Å²) in [6.45, 7) is 1.92. The van der Waals surface area contributed by atoms with Gasteiger partial charge in [0.15, 0.2) is 0 Å². The van der Waals surface area contributed by atoms with Crippen molar-refractivity contribution in [1.29, 1.82) is 0 Å². The molecule has 4 rings (SSSR count). The first kappa shape index (κ1) is 17.2. The molecule has 26 heavy (non-hydrogen) atoms. The van der Waals surface area contributed by atoms with E-state index in [-0.39, 0.29) is 17.7 Å². The molecule has 2 amide bonds. The Morgan fingerprint density at radius 3 is 2.85 bits per heavy atom. The van der Waals surface area contributed by atoms with Gasteiger partial charge in [-0.1, -0.05) is 12.1 Å². The highest BCUT2D eigenvalue weighted by Crippen LogP contribution is 2.35. The van der Waals surface area contributed by atoms with Crippen molar-refractivity contribution in [2.45, 2.75) is 24.2 Å². The minimum absolute atomic E-state index is 0.0527. The van der Waals surface area contributed by atoms with Gasteiger partial charge < -0.3 is 14.2 Å². The number of amides is 2. The van der Waals surface area contributed by atoms with Crippen LogP contribution in [0, 0.1) is 5.92 Å². The Kier molecular flexibility index (Phi) is 5.02. The van der Waals surface area contributed by atoms with E-state index < -0.39 is 0 Å². The summed E-state index contributed by atoms with van der Waals surface area (Å²) in [5.74, 6) is 0.972. The van der Waals surface area contributed by atoms with Gasteiger partial charge in [-0.25, -0.2) is 0 Å². The van der Waals surface area contributed by atoms with Crippen molar-refractivity contribution in [3.05, 3.63) is 48.4 Å². The van der Waals surface area contributed by atoms with Crippen molar-refractivity contribution >= 4 is 29.3 Å².